The molecule has 0 saturated heterocycles. The molecule has 0 aliphatic heterocycles. The van der Waals surface area contributed by atoms with Crippen LogP contribution in [0.5, 0.6) is 0 Å². The molecule has 1 N–H and O–H groups in total. The number of nitrogens with zero attached hydrogens (tertiary/aromatic N) is 1. The van der Waals surface area contributed by atoms with Gasteiger partial charge in [0.05, 0.1) is 11.4 Å². The van der Waals surface area contributed by atoms with Crippen LogP contribution < -0.4 is 0 Å². The normalized spacial score (nSPS) is 15.0. The molecule has 4 aromatic rings. The Labute approximate surface area is 167 Å². The van der Waals surface area contributed by atoms with Crippen molar-refractivity contribution in [2.45, 2.75) is 0 Å². The Kier molecular flexibility index (Phi) is 3.96. The summed E-state index contributed by atoms with van der Waals surface area (Å²) in [6, 6.07) is 23.0. The number of nitrogens with one attached hydrogen (secondary N) is 1. The van der Waals surface area contributed by atoms with Crippen molar-refractivity contribution in [3.63, 3.8) is 0 Å². The number of hydrogen-bond donors (Lipinski definition) is 1. The second-order valence-corrected chi connectivity index (χ2v) is 7.09. The molecule has 28 heavy (non-hydrogen) atoms. The maximum absolute atomic E-state index is 13.3. The molecule has 134 valence electrons. The first-order valence-electron chi connectivity index (χ1n) is 8.97. The fraction of sp³-hybridized carbons (Fsp3) is 0. The summed E-state index contributed by atoms with van der Waals surface area (Å²) in [7, 11) is 0. The van der Waals surface area contributed by atoms with E-state index >= 15 is 0 Å². The summed E-state index contributed by atoms with van der Waals surface area (Å²) in [5.74, 6) is -0.0107. The molecule has 0 bridgehead atoms. The minimum Gasteiger partial charge on any atom is -0.361 e. The lowest BCUT2D eigenvalue weighted by molar-refractivity contribution is 0.105. The summed E-state index contributed by atoms with van der Waals surface area (Å²) in [4.78, 5) is 21.3. The van der Waals surface area contributed by atoms with E-state index in [1.807, 2.05) is 85.1 Å². The van der Waals surface area contributed by atoms with Crippen molar-refractivity contribution in [2.24, 2.45) is 4.99 Å². The molecule has 1 aliphatic rings. The lowest BCUT2D eigenvalue weighted by Crippen LogP contribution is -2.16. The molecule has 0 fully saturated rings. The van der Waals surface area contributed by atoms with Gasteiger partial charge in [0.1, 0.15) is 0 Å². The second-order valence-electron chi connectivity index (χ2n) is 6.66. The predicted octanol–water partition coefficient (Wildman–Crippen LogP) is 6.22. The third-order valence-corrected chi connectivity index (χ3v) is 5.15. The van der Waals surface area contributed by atoms with Crippen molar-refractivity contribution in [3.8, 4) is 0 Å². The van der Waals surface area contributed by atoms with Gasteiger partial charge in [0.2, 0.25) is 0 Å². The smallest absolute Gasteiger partial charge is 0.194 e. The fourth-order valence-corrected chi connectivity index (χ4v) is 3.75. The number of carbonyl (C=O) groups excluding carboxylic acids is 1. The maximum atomic E-state index is 13.3. The highest BCUT2D eigenvalue weighted by molar-refractivity contribution is 6.41. The van der Waals surface area contributed by atoms with Gasteiger partial charge in [-0.2, -0.15) is 0 Å². The van der Waals surface area contributed by atoms with Gasteiger partial charge in [-0.3, -0.25) is 4.79 Å². The van der Waals surface area contributed by atoms with Gasteiger partial charge in [0.25, 0.3) is 0 Å². The number of Topliss-reactive ketones (excluding diaryl/α,β-unsaturated/α-hetero) is 1. The van der Waals surface area contributed by atoms with E-state index < -0.39 is 0 Å². The molecular weight excluding hydrogens is 368 g/mol. The summed E-state index contributed by atoms with van der Waals surface area (Å²) in [5.41, 5.74) is 5.50. The quantitative estimate of drug-likeness (QED) is 0.439. The summed E-state index contributed by atoms with van der Waals surface area (Å²) in [6.07, 6.45) is 3.74. The van der Waals surface area contributed by atoms with Crippen LogP contribution in [0.15, 0.2) is 90.1 Å². The van der Waals surface area contributed by atoms with Gasteiger partial charge in [0, 0.05) is 44.4 Å². The average molecular weight is 383 g/mol. The van der Waals surface area contributed by atoms with Crippen LogP contribution in [0.25, 0.3) is 16.5 Å². The highest BCUT2D eigenvalue weighted by Gasteiger charge is 2.26. The Morgan fingerprint density at radius 3 is 2.39 bits per heavy atom. The van der Waals surface area contributed by atoms with Gasteiger partial charge >= 0.3 is 0 Å². The van der Waals surface area contributed by atoms with Crippen molar-refractivity contribution in [1.29, 1.82) is 0 Å². The first kappa shape index (κ1) is 16.7. The number of aliphatic imine (C=N–C) groups is 1. The molecule has 0 radical (unpaired) electrons. The Bertz CT molecular complexity index is 1280. The van der Waals surface area contributed by atoms with Crippen LogP contribution >= 0.6 is 11.6 Å². The van der Waals surface area contributed by atoms with Crippen molar-refractivity contribution < 1.29 is 4.79 Å². The van der Waals surface area contributed by atoms with E-state index in [1.165, 1.54) is 0 Å². The number of rotatable bonds is 2. The van der Waals surface area contributed by atoms with Gasteiger partial charge in [0.15, 0.2) is 5.78 Å². The van der Waals surface area contributed by atoms with Crippen LogP contribution in [0, 0.1) is 0 Å². The Hall–Kier alpha value is -3.43. The number of carbonyl (C=O) groups is 1. The third kappa shape index (κ3) is 2.77. The van der Waals surface area contributed by atoms with Crippen LogP contribution in [0.3, 0.4) is 0 Å². The van der Waals surface area contributed by atoms with Crippen molar-refractivity contribution in [2.75, 3.05) is 0 Å². The molecule has 1 heterocycles. The van der Waals surface area contributed by atoms with Gasteiger partial charge in [-0.05, 0) is 36.4 Å². The zero-order valence-electron chi connectivity index (χ0n) is 14.8. The molecule has 3 nitrogen and oxygen atoms in total. The van der Waals surface area contributed by atoms with Gasteiger partial charge in [-0.25, -0.2) is 4.99 Å². The van der Waals surface area contributed by atoms with Crippen molar-refractivity contribution in [3.05, 3.63) is 107 Å². The number of ketones is 1. The zero-order chi connectivity index (χ0) is 19.1. The molecule has 1 aliphatic carbocycles. The summed E-state index contributed by atoms with van der Waals surface area (Å²) < 4.78 is 0. The fourth-order valence-electron chi connectivity index (χ4n) is 3.58. The lowest BCUT2D eigenvalue weighted by Gasteiger charge is -2.17. The van der Waals surface area contributed by atoms with Crippen LogP contribution in [0.1, 0.15) is 21.5 Å². The molecule has 4 heteroatoms. The Balaban J connectivity index is 1.74. The van der Waals surface area contributed by atoms with Crippen LogP contribution in [-0.4, -0.2) is 16.5 Å². The Morgan fingerprint density at radius 1 is 0.821 bits per heavy atom. The number of allylic oxidation sites excluding steroid dienone is 2. The number of H-pyrrole nitrogens is 1. The third-order valence-electron chi connectivity index (χ3n) is 4.91. The molecule has 1 aromatic heterocycles. The standard InChI is InChI=1S/C24H15ClN2O/c25-15-10-11-22-19(12-15)21(14-26-22)20-13-23(27-16-6-2-1-3-7-16)17-8-4-5-9-18(17)24(20)28/h1-14,26H. The van der Waals surface area contributed by atoms with Gasteiger partial charge in [-0.1, -0.05) is 54.1 Å². The zero-order valence-corrected chi connectivity index (χ0v) is 15.6. The van der Waals surface area contributed by atoms with E-state index in [9.17, 15) is 4.79 Å². The minimum atomic E-state index is -0.0107. The lowest BCUT2D eigenvalue weighted by atomic mass is 9.85. The van der Waals surface area contributed by atoms with Gasteiger partial charge < -0.3 is 4.98 Å². The number of aromatic amines is 1. The highest BCUT2D eigenvalue weighted by atomic mass is 35.5. The van der Waals surface area contributed by atoms with E-state index in [0.717, 1.165) is 33.4 Å². The number of aromatic nitrogens is 1. The average Bonchev–Trinajstić information content (AvgIpc) is 3.14. The Morgan fingerprint density at radius 2 is 1.57 bits per heavy atom. The number of hydrogen-bond acceptors (Lipinski definition) is 2. The maximum Gasteiger partial charge on any atom is 0.194 e. The SMILES string of the molecule is O=C1C(c2c[nH]c3ccc(Cl)cc23)=CC(=Nc2ccccc2)c2ccccc21. The van der Waals surface area contributed by atoms with E-state index in [1.54, 1.807) is 0 Å². The molecule has 0 atom stereocenters. The number of halogens is 1. The van der Waals surface area contributed by atoms with Crippen molar-refractivity contribution >= 4 is 45.3 Å². The monoisotopic (exact) mass is 382 g/mol. The van der Waals surface area contributed by atoms with Crippen LogP contribution in [-0.2, 0) is 0 Å². The number of fused-ring (bicyclic) bond motifs is 2. The van der Waals surface area contributed by atoms with Gasteiger partial charge in [-0.15, -0.1) is 0 Å². The molecule has 0 unspecified atom stereocenters. The molecule has 0 saturated carbocycles. The molecule has 5 rings (SSSR count). The van der Waals surface area contributed by atoms with E-state index in [2.05, 4.69) is 4.98 Å². The first-order valence-corrected chi connectivity index (χ1v) is 9.35. The van der Waals surface area contributed by atoms with Crippen molar-refractivity contribution in [1.82, 2.24) is 4.98 Å². The summed E-state index contributed by atoms with van der Waals surface area (Å²) in [5, 5.41) is 1.56. The van der Waals surface area contributed by atoms with Crippen LogP contribution in [0.4, 0.5) is 5.69 Å². The summed E-state index contributed by atoms with van der Waals surface area (Å²) >= 11 is 6.20. The van der Waals surface area contributed by atoms with E-state index in [4.69, 9.17) is 16.6 Å². The number of benzene rings is 3. The molecule has 3 aromatic carbocycles. The summed E-state index contributed by atoms with van der Waals surface area (Å²) in [6.45, 7) is 0. The first-order chi connectivity index (χ1) is 13.7. The minimum absolute atomic E-state index is 0.0107. The van der Waals surface area contributed by atoms with E-state index in [0.29, 0.717) is 16.2 Å². The van der Waals surface area contributed by atoms with Crippen LogP contribution in [0.2, 0.25) is 5.02 Å². The molecular formula is C24H15ClN2O. The molecule has 0 amide bonds. The largest absolute Gasteiger partial charge is 0.361 e. The van der Waals surface area contributed by atoms with E-state index in [-0.39, 0.29) is 5.78 Å². The number of para-hydroxylation sites is 1. The molecule has 0 spiro atoms. The second kappa shape index (κ2) is 6.63. The highest BCUT2D eigenvalue weighted by Crippen LogP contribution is 2.34. The topological polar surface area (TPSA) is 45.2 Å². The predicted molar refractivity (Wildman–Crippen MR) is 115 cm³/mol.